The SMILES string of the molecule is C[n+]1ccc2c(c1)oc(=O)c1ccccc1nnc1ccccc1c(=O)oc1c[n+](C)ccc12. The number of nitrogens with zero attached hydrogens (tertiary/aromatic N) is 4. The fourth-order valence-corrected chi connectivity index (χ4v) is 3.64. The molecule has 3 heterocycles. The number of hydrogen-bond donors (Lipinski definition) is 0. The molecule has 166 valence electrons. The Kier molecular flexibility index (Phi) is 5.39. The molecule has 0 aliphatic carbocycles. The number of rotatable bonds is 0. The maximum Gasteiger partial charge on any atom is 0.346 e. The molecule has 0 aliphatic rings. The van der Waals surface area contributed by atoms with Crippen molar-refractivity contribution in [3.63, 3.8) is 0 Å². The second kappa shape index (κ2) is 8.67. The summed E-state index contributed by atoms with van der Waals surface area (Å²) in [5, 5.41) is 10.2. The predicted octanol–water partition coefficient (Wildman–Crippen LogP) is 2.89. The van der Waals surface area contributed by atoms with Crippen molar-refractivity contribution in [2.75, 3.05) is 0 Å². The van der Waals surface area contributed by atoms with E-state index < -0.39 is 11.3 Å². The lowest BCUT2D eigenvalue weighted by Crippen LogP contribution is -2.26. The van der Waals surface area contributed by atoms with E-state index in [1.54, 1.807) is 82.2 Å². The van der Waals surface area contributed by atoms with E-state index in [9.17, 15) is 9.59 Å². The Morgan fingerprint density at radius 2 is 1.00 bits per heavy atom. The molecule has 0 fully saturated rings. The van der Waals surface area contributed by atoms with Crippen LogP contribution < -0.4 is 20.4 Å². The molecule has 0 spiro atoms. The molecule has 5 aromatic rings. The topological polar surface area (TPSA) is 94.0 Å². The quantitative estimate of drug-likeness (QED) is 0.336. The number of aromatic nitrogens is 4. The van der Waals surface area contributed by atoms with Crippen molar-refractivity contribution in [1.82, 2.24) is 10.2 Å². The van der Waals surface area contributed by atoms with Gasteiger partial charge >= 0.3 is 11.3 Å². The highest BCUT2D eigenvalue weighted by molar-refractivity contribution is 6.00. The van der Waals surface area contributed by atoms with E-state index in [0.29, 0.717) is 33.0 Å². The van der Waals surface area contributed by atoms with Crippen LogP contribution in [0.5, 0.6) is 0 Å². The summed E-state index contributed by atoms with van der Waals surface area (Å²) in [4.78, 5) is 26.4. The summed E-state index contributed by atoms with van der Waals surface area (Å²) in [5.74, 6) is 0. The Morgan fingerprint density at radius 3 is 1.44 bits per heavy atom. The molecule has 0 N–H and O–H groups in total. The minimum absolute atomic E-state index is 0.250. The average Bonchev–Trinajstić information content (AvgIpc) is 2.83. The van der Waals surface area contributed by atoms with Gasteiger partial charge in [0.2, 0.25) is 23.6 Å². The molecule has 0 bridgehead atoms. The third-order valence-corrected chi connectivity index (χ3v) is 5.33. The van der Waals surface area contributed by atoms with E-state index in [1.165, 1.54) is 0 Å². The molecule has 5 rings (SSSR count). The van der Waals surface area contributed by atoms with Gasteiger partial charge in [-0.2, -0.15) is 0 Å². The van der Waals surface area contributed by atoms with Crippen molar-refractivity contribution in [3.05, 3.63) is 106 Å². The molecular formula is C26H20N4O4+2. The van der Waals surface area contributed by atoms with Gasteiger partial charge in [-0.1, -0.05) is 24.3 Å². The maximum absolute atomic E-state index is 13.2. The van der Waals surface area contributed by atoms with Crippen LogP contribution in [0.15, 0.2) is 104 Å². The van der Waals surface area contributed by atoms with Gasteiger partial charge in [0, 0.05) is 22.9 Å². The summed E-state index contributed by atoms with van der Waals surface area (Å²) in [6.45, 7) is 0. The normalized spacial score (nSPS) is 10.9. The van der Waals surface area contributed by atoms with Gasteiger partial charge in [0.15, 0.2) is 12.4 Å². The lowest BCUT2D eigenvalue weighted by molar-refractivity contribution is -0.670. The monoisotopic (exact) mass is 452 g/mol. The molecule has 0 saturated heterocycles. The van der Waals surface area contributed by atoms with Gasteiger partial charge in [-0.25, -0.2) is 18.7 Å². The lowest BCUT2D eigenvalue weighted by Gasteiger charge is -1.97. The molecule has 0 radical (unpaired) electrons. The molecule has 2 aromatic carbocycles. The molecule has 0 unspecified atom stereocenters. The first-order valence-corrected chi connectivity index (χ1v) is 10.5. The van der Waals surface area contributed by atoms with Gasteiger partial charge in [-0.3, -0.25) is 0 Å². The summed E-state index contributed by atoms with van der Waals surface area (Å²) >= 11 is 0. The fraction of sp³-hybridized carbons (Fsp3) is 0.0769. The van der Waals surface area contributed by atoms with Crippen molar-refractivity contribution in [2.45, 2.75) is 0 Å². The standard InChI is InChI=1S/C26H20N4O4/c1-29-13-11-17-18-12-14-30(2)16-24(18)34-26(32)20-8-4-6-10-22(20)28-27-21-9-5-3-7-19(21)25(31)33-23(17)15-29/h3-16H,1-2H3/q+2. The molecular weight excluding hydrogens is 432 g/mol. The van der Waals surface area contributed by atoms with Crippen LogP contribution in [0.4, 0.5) is 0 Å². The van der Waals surface area contributed by atoms with Gasteiger partial charge in [0.1, 0.15) is 25.1 Å². The number of hydrogen-bond acceptors (Lipinski definition) is 6. The third-order valence-electron chi connectivity index (χ3n) is 5.33. The molecule has 0 saturated carbocycles. The highest BCUT2D eigenvalue weighted by Gasteiger charge is 2.09. The summed E-state index contributed by atoms with van der Waals surface area (Å²) in [6, 6.07) is 17.1. The van der Waals surface area contributed by atoms with Crippen molar-refractivity contribution in [2.24, 2.45) is 14.1 Å². The van der Waals surface area contributed by atoms with Crippen LogP contribution in [-0.2, 0) is 14.1 Å². The van der Waals surface area contributed by atoms with E-state index in [4.69, 9.17) is 8.83 Å². The number of aryl methyl sites for hydroxylation is 2. The molecule has 0 aliphatic heterocycles. The largest absolute Gasteiger partial charge is 0.416 e. The summed E-state index contributed by atoms with van der Waals surface area (Å²) < 4.78 is 15.2. The Labute approximate surface area is 192 Å². The van der Waals surface area contributed by atoms with Gasteiger partial charge < -0.3 is 8.83 Å². The van der Waals surface area contributed by atoms with Crippen LogP contribution in [0.2, 0.25) is 0 Å². The molecule has 8 heteroatoms. The first-order chi connectivity index (χ1) is 16.5. The van der Waals surface area contributed by atoms with Gasteiger partial charge in [-0.05, 0) is 24.3 Å². The Morgan fingerprint density at radius 1 is 0.588 bits per heavy atom. The zero-order valence-electron chi connectivity index (χ0n) is 18.5. The van der Waals surface area contributed by atoms with Crippen LogP contribution in [-0.4, -0.2) is 10.2 Å². The zero-order valence-corrected chi connectivity index (χ0v) is 18.5. The van der Waals surface area contributed by atoms with E-state index in [-0.39, 0.29) is 10.8 Å². The van der Waals surface area contributed by atoms with Gasteiger partial charge in [0.25, 0.3) is 0 Å². The second-order valence-electron chi connectivity index (χ2n) is 7.79. The van der Waals surface area contributed by atoms with Crippen LogP contribution >= 0.6 is 0 Å². The molecule has 0 atom stereocenters. The average molecular weight is 452 g/mol. The fourth-order valence-electron chi connectivity index (χ4n) is 3.64. The van der Waals surface area contributed by atoms with Crippen molar-refractivity contribution in [1.29, 1.82) is 0 Å². The van der Waals surface area contributed by atoms with E-state index >= 15 is 0 Å². The first-order valence-electron chi connectivity index (χ1n) is 10.5. The molecule has 3 aromatic heterocycles. The van der Waals surface area contributed by atoms with Crippen LogP contribution in [0.25, 0.3) is 43.7 Å². The Balaban J connectivity index is 2.14. The van der Waals surface area contributed by atoms with E-state index in [0.717, 1.165) is 0 Å². The van der Waals surface area contributed by atoms with Crippen molar-refractivity contribution >= 4 is 43.7 Å². The van der Waals surface area contributed by atoms with Crippen LogP contribution in [0.1, 0.15) is 0 Å². The summed E-state index contributed by atoms with van der Waals surface area (Å²) in [7, 11) is 3.65. The number of fused-ring (bicyclic) bond motifs is 5. The minimum atomic E-state index is -0.577. The number of benzene rings is 2. The predicted molar refractivity (Wildman–Crippen MR) is 127 cm³/mol. The highest BCUT2D eigenvalue weighted by Crippen LogP contribution is 2.19. The van der Waals surface area contributed by atoms with Crippen molar-refractivity contribution in [3.8, 4) is 0 Å². The van der Waals surface area contributed by atoms with E-state index in [1.807, 2.05) is 26.5 Å². The molecule has 34 heavy (non-hydrogen) atoms. The van der Waals surface area contributed by atoms with Gasteiger partial charge in [-0.15, -0.1) is 10.2 Å². The smallest absolute Gasteiger partial charge is 0.346 e. The number of pyridine rings is 2. The lowest BCUT2D eigenvalue weighted by atomic mass is 10.2. The maximum atomic E-state index is 13.2. The molecule has 0 amide bonds. The highest BCUT2D eigenvalue weighted by atomic mass is 16.4. The van der Waals surface area contributed by atoms with Crippen molar-refractivity contribution < 1.29 is 18.0 Å². The first kappa shape index (κ1) is 21.1. The van der Waals surface area contributed by atoms with Gasteiger partial charge in [0.05, 0.1) is 10.8 Å². The summed E-state index contributed by atoms with van der Waals surface area (Å²) in [6.07, 6.45) is 7.03. The Bertz CT molecular complexity index is 1710. The summed E-state index contributed by atoms with van der Waals surface area (Å²) in [5.41, 5.74) is 0.111. The van der Waals surface area contributed by atoms with Crippen LogP contribution in [0, 0.1) is 0 Å². The minimum Gasteiger partial charge on any atom is -0.416 e. The molecule has 8 nitrogen and oxygen atoms in total. The Hall–Kier alpha value is -4.72. The third kappa shape index (κ3) is 4.04. The van der Waals surface area contributed by atoms with Crippen LogP contribution in [0.3, 0.4) is 0 Å². The zero-order chi connectivity index (χ0) is 23.7. The second-order valence-corrected chi connectivity index (χ2v) is 7.79. The van der Waals surface area contributed by atoms with E-state index in [2.05, 4.69) is 10.2 Å².